The molecule has 3 aromatic rings. The van der Waals surface area contributed by atoms with Crippen LogP contribution in [0.15, 0.2) is 34.9 Å². The van der Waals surface area contributed by atoms with Crippen molar-refractivity contribution in [2.24, 2.45) is 0 Å². The van der Waals surface area contributed by atoms with Gasteiger partial charge in [0, 0.05) is 30.1 Å². The summed E-state index contributed by atoms with van der Waals surface area (Å²) in [6.45, 7) is 2.99. The van der Waals surface area contributed by atoms with Crippen molar-refractivity contribution in [2.75, 3.05) is 18.8 Å². The fraction of sp³-hybridized carbons (Fsp3) is 0.375. The first-order chi connectivity index (χ1) is 10.8. The van der Waals surface area contributed by atoms with Gasteiger partial charge >= 0.3 is 0 Å². The van der Waals surface area contributed by atoms with Crippen LogP contribution < -0.4 is 5.73 Å². The number of anilines is 1. The molecule has 5 nitrogen and oxygen atoms in total. The van der Waals surface area contributed by atoms with Gasteiger partial charge < -0.3 is 10.2 Å². The molecule has 1 aliphatic heterocycles. The lowest BCUT2D eigenvalue weighted by Crippen LogP contribution is -2.33. The minimum atomic E-state index is 0.367. The Balaban J connectivity index is 1.50. The minimum absolute atomic E-state index is 0.367. The van der Waals surface area contributed by atoms with Crippen LogP contribution in [0.2, 0.25) is 0 Å². The van der Waals surface area contributed by atoms with E-state index >= 15 is 0 Å². The monoisotopic (exact) mass is 314 g/mol. The lowest BCUT2D eigenvalue weighted by atomic mass is 9.98. The first-order valence-corrected chi connectivity index (χ1v) is 8.37. The van der Waals surface area contributed by atoms with Crippen LogP contribution in [0, 0.1) is 0 Å². The zero-order valence-electron chi connectivity index (χ0n) is 12.2. The Morgan fingerprint density at radius 2 is 2.27 bits per heavy atom. The third-order valence-corrected chi connectivity index (χ3v) is 4.93. The van der Waals surface area contributed by atoms with E-state index in [0.717, 1.165) is 49.5 Å². The van der Waals surface area contributed by atoms with E-state index in [-0.39, 0.29) is 0 Å². The maximum atomic E-state index is 5.94. The summed E-state index contributed by atoms with van der Waals surface area (Å²) in [7, 11) is 0. The number of hydrogen-bond donors (Lipinski definition) is 1. The quantitative estimate of drug-likeness (QED) is 0.803. The van der Waals surface area contributed by atoms with Crippen molar-refractivity contribution in [1.82, 2.24) is 14.9 Å². The second kappa shape index (κ2) is 5.70. The van der Waals surface area contributed by atoms with E-state index in [0.29, 0.717) is 11.0 Å². The summed E-state index contributed by atoms with van der Waals surface area (Å²) in [5, 5.41) is 0.641. The van der Waals surface area contributed by atoms with Gasteiger partial charge in [-0.2, -0.15) is 0 Å². The summed E-state index contributed by atoms with van der Waals surface area (Å²) in [5.74, 6) is 1.24. The maximum absolute atomic E-state index is 5.94. The van der Waals surface area contributed by atoms with Crippen molar-refractivity contribution >= 4 is 27.6 Å². The van der Waals surface area contributed by atoms with Crippen LogP contribution in [0.3, 0.4) is 0 Å². The lowest BCUT2D eigenvalue weighted by molar-refractivity contribution is 0.188. The van der Waals surface area contributed by atoms with Crippen LogP contribution in [-0.2, 0) is 6.54 Å². The Kier molecular flexibility index (Phi) is 3.56. The first-order valence-electron chi connectivity index (χ1n) is 7.56. The van der Waals surface area contributed by atoms with Gasteiger partial charge in [0.05, 0.1) is 0 Å². The second-order valence-electron chi connectivity index (χ2n) is 5.76. The molecule has 0 radical (unpaired) electrons. The molecule has 2 N–H and O–H groups in total. The molecule has 1 aromatic carbocycles. The predicted molar refractivity (Wildman–Crippen MR) is 87.8 cm³/mol. The molecular formula is C16H18N4OS. The van der Waals surface area contributed by atoms with Gasteiger partial charge in [-0.15, -0.1) is 11.3 Å². The van der Waals surface area contributed by atoms with Gasteiger partial charge in [0.1, 0.15) is 5.52 Å². The molecule has 0 amide bonds. The van der Waals surface area contributed by atoms with Crippen LogP contribution in [0.25, 0.3) is 11.1 Å². The zero-order chi connectivity index (χ0) is 14.9. The van der Waals surface area contributed by atoms with Crippen molar-refractivity contribution in [3.8, 4) is 0 Å². The van der Waals surface area contributed by atoms with E-state index in [4.69, 9.17) is 10.2 Å². The fourth-order valence-corrected chi connectivity index (χ4v) is 3.81. The Labute approximate surface area is 132 Å². The van der Waals surface area contributed by atoms with E-state index in [1.807, 2.05) is 30.5 Å². The SMILES string of the molecule is Nc1ncc(CN2CCCC(c3nc4ccccc4o3)C2)s1. The van der Waals surface area contributed by atoms with E-state index in [2.05, 4.69) is 14.9 Å². The number of para-hydroxylation sites is 2. The van der Waals surface area contributed by atoms with Crippen molar-refractivity contribution in [2.45, 2.75) is 25.3 Å². The summed E-state index contributed by atoms with van der Waals surface area (Å²) in [4.78, 5) is 12.4. The zero-order valence-corrected chi connectivity index (χ0v) is 13.1. The van der Waals surface area contributed by atoms with E-state index in [1.54, 1.807) is 11.3 Å². The van der Waals surface area contributed by atoms with Crippen LogP contribution >= 0.6 is 11.3 Å². The standard InChI is InChI=1S/C16H18N4OS/c17-16-18-8-12(22-16)10-20-7-3-4-11(9-20)15-19-13-5-1-2-6-14(13)21-15/h1-2,5-6,8,11H,3-4,7,9-10H2,(H2,17,18). The molecule has 2 aromatic heterocycles. The number of thiazole rings is 1. The van der Waals surface area contributed by atoms with Crippen molar-refractivity contribution in [1.29, 1.82) is 0 Å². The number of hydrogen-bond acceptors (Lipinski definition) is 6. The van der Waals surface area contributed by atoms with Gasteiger partial charge in [-0.1, -0.05) is 12.1 Å². The van der Waals surface area contributed by atoms with Crippen LogP contribution in [0.1, 0.15) is 29.5 Å². The summed E-state index contributed by atoms with van der Waals surface area (Å²) < 4.78 is 5.94. The predicted octanol–water partition coefficient (Wildman–Crippen LogP) is 3.25. The van der Waals surface area contributed by atoms with E-state index < -0.39 is 0 Å². The van der Waals surface area contributed by atoms with Gasteiger partial charge in [0.25, 0.3) is 0 Å². The smallest absolute Gasteiger partial charge is 0.199 e. The number of nitrogens with zero attached hydrogens (tertiary/aromatic N) is 3. The Morgan fingerprint density at radius 1 is 1.36 bits per heavy atom. The summed E-state index contributed by atoms with van der Waals surface area (Å²) in [6, 6.07) is 7.96. The van der Waals surface area contributed by atoms with E-state index in [1.165, 1.54) is 4.88 Å². The molecule has 0 spiro atoms. The average molecular weight is 314 g/mol. The number of aromatic nitrogens is 2. The second-order valence-corrected chi connectivity index (χ2v) is 6.91. The molecule has 1 atom stereocenters. The Bertz CT molecular complexity index is 748. The number of nitrogen functional groups attached to an aromatic ring is 1. The highest BCUT2D eigenvalue weighted by Gasteiger charge is 2.25. The molecule has 3 heterocycles. The lowest BCUT2D eigenvalue weighted by Gasteiger charge is -2.30. The van der Waals surface area contributed by atoms with Gasteiger partial charge in [0.2, 0.25) is 0 Å². The third-order valence-electron chi connectivity index (χ3n) is 4.12. The van der Waals surface area contributed by atoms with Crippen molar-refractivity contribution < 1.29 is 4.42 Å². The molecular weight excluding hydrogens is 296 g/mol. The molecule has 1 saturated heterocycles. The fourth-order valence-electron chi connectivity index (χ4n) is 3.08. The normalized spacial score (nSPS) is 19.7. The van der Waals surface area contributed by atoms with Gasteiger partial charge in [-0.25, -0.2) is 9.97 Å². The minimum Gasteiger partial charge on any atom is -0.440 e. The Morgan fingerprint density at radius 3 is 3.09 bits per heavy atom. The number of fused-ring (bicyclic) bond motifs is 1. The summed E-state index contributed by atoms with van der Waals surface area (Å²) in [5.41, 5.74) is 7.54. The van der Waals surface area contributed by atoms with E-state index in [9.17, 15) is 0 Å². The summed E-state index contributed by atoms with van der Waals surface area (Å²) in [6.07, 6.45) is 4.18. The molecule has 1 aliphatic rings. The van der Waals surface area contributed by atoms with Crippen LogP contribution in [0.5, 0.6) is 0 Å². The van der Waals surface area contributed by atoms with Gasteiger partial charge in [0.15, 0.2) is 16.6 Å². The number of likely N-dealkylation sites (tertiary alicyclic amines) is 1. The highest BCUT2D eigenvalue weighted by Crippen LogP contribution is 2.30. The van der Waals surface area contributed by atoms with Crippen molar-refractivity contribution in [3.05, 3.63) is 41.2 Å². The van der Waals surface area contributed by atoms with Gasteiger partial charge in [-0.3, -0.25) is 4.90 Å². The Hall–Kier alpha value is -1.92. The number of piperidine rings is 1. The summed E-state index contributed by atoms with van der Waals surface area (Å²) >= 11 is 1.57. The molecule has 4 rings (SSSR count). The molecule has 114 valence electrons. The molecule has 1 unspecified atom stereocenters. The molecule has 22 heavy (non-hydrogen) atoms. The van der Waals surface area contributed by atoms with Crippen LogP contribution in [-0.4, -0.2) is 28.0 Å². The average Bonchev–Trinajstić information content (AvgIpc) is 3.13. The number of nitrogens with two attached hydrogens (primary N) is 1. The van der Waals surface area contributed by atoms with Gasteiger partial charge in [-0.05, 0) is 31.5 Å². The number of oxazole rings is 1. The molecule has 0 saturated carbocycles. The highest BCUT2D eigenvalue weighted by molar-refractivity contribution is 7.15. The molecule has 0 aliphatic carbocycles. The number of benzene rings is 1. The number of rotatable bonds is 3. The van der Waals surface area contributed by atoms with Crippen LogP contribution in [0.4, 0.5) is 5.13 Å². The highest BCUT2D eigenvalue weighted by atomic mass is 32.1. The largest absolute Gasteiger partial charge is 0.440 e. The molecule has 6 heteroatoms. The first kappa shape index (κ1) is 13.7. The topological polar surface area (TPSA) is 68.2 Å². The molecule has 1 fully saturated rings. The maximum Gasteiger partial charge on any atom is 0.199 e. The molecule has 0 bridgehead atoms. The van der Waals surface area contributed by atoms with Crippen molar-refractivity contribution in [3.63, 3.8) is 0 Å². The third kappa shape index (κ3) is 2.71.